The Bertz CT molecular complexity index is 102. The maximum Gasteiger partial charge on any atom is 0.0171 e. The molecule has 10 heavy (non-hydrogen) atoms. The van der Waals surface area contributed by atoms with E-state index in [1.807, 2.05) is 0 Å². The average molecular weight is 139 g/mol. The smallest absolute Gasteiger partial charge is 0.0171 e. The van der Waals surface area contributed by atoms with Gasteiger partial charge >= 0.3 is 0 Å². The van der Waals surface area contributed by atoms with Crippen LogP contribution in [0.15, 0.2) is 0 Å². The number of unbranched alkanes of at least 4 members (excludes halogenated alkanes) is 2. The lowest BCUT2D eigenvalue weighted by Gasteiger charge is -2.01. The molecule has 0 aliphatic heterocycles. The first-order chi connectivity index (χ1) is 4.81. The fraction of sp³-hybridized carbons (Fsp3) is 0.778. The molecule has 0 amide bonds. The van der Waals surface area contributed by atoms with Gasteiger partial charge in [-0.05, 0) is 19.4 Å². The number of rotatable bonds is 5. The second-order valence-corrected chi connectivity index (χ2v) is 2.71. The van der Waals surface area contributed by atoms with Gasteiger partial charge in [-0.25, -0.2) is 0 Å². The third-order valence-corrected chi connectivity index (χ3v) is 1.63. The molecule has 0 heterocycles. The first-order valence-corrected chi connectivity index (χ1v) is 3.97. The maximum absolute atomic E-state index is 5.34. The van der Waals surface area contributed by atoms with Gasteiger partial charge < -0.3 is 5.73 Å². The van der Waals surface area contributed by atoms with Gasteiger partial charge in [-0.3, -0.25) is 0 Å². The zero-order valence-corrected chi connectivity index (χ0v) is 6.77. The maximum atomic E-state index is 5.34. The Morgan fingerprint density at radius 2 is 2.10 bits per heavy atom. The van der Waals surface area contributed by atoms with Crippen LogP contribution in [-0.4, -0.2) is 6.54 Å². The molecule has 0 aromatic heterocycles. The lowest BCUT2D eigenvalue weighted by Crippen LogP contribution is -1.98. The molecule has 0 aromatic rings. The van der Waals surface area contributed by atoms with Crippen LogP contribution in [0.2, 0.25) is 0 Å². The highest BCUT2D eigenvalue weighted by Gasteiger charge is 1.94. The van der Waals surface area contributed by atoms with Crippen LogP contribution in [0.1, 0.15) is 32.6 Å². The quantitative estimate of drug-likeness (QED) is 0.456. The SMILES string of the molecule is C#CC(C)CCCCCN. The first-order valence-electron chi connectivity index (χ1n) is 3.97. The molecule has 0 saturated heterocycles. The molecule has 0 fully saturated rings. The van der Waals surface area contributed by atoms with E-state index in [4.69, 9.17) is 12.2 Å². The number of hydrogen-bond acceptors (Lipinski definition) is 1. The summed E-state index contributed by atoms with van der Waals surface area (Å²) in [5.74, 6) is 3.15. The van der Waals surface area contributed by atoms with Gasteiger partial charge in [-0.15, -0.1) is 12.3 Å². The Hall–Kier alpha value is -0.480. The van der Waals surface area contributed by atoms with Gasteiger partial charge in [-0.2, -0.15) is 0 Å². The molecule has 0 rings (SSSR count). The summed E-state index contributed by atoms with van der Waals surface area (Å²) in [6, 6.07) is 0. The minimum absolute atomic E-state index is 0.442. The Labute approximate surface area is 64.0 Å². The molecule has 0 saturated carbocycles. The minimum atomic E-state index is 0.442. The van der Waals surface area contributed by atoms with Gasteiger partial charge in [0.25, 0.3) is 0 Å². The molecule has 0 spiro atoms. The van der Waals surface area contributed by atoms with Gasteiger partial charge in [0.05, 0.1) is 0 Å². The van der Waals surface area contributed by atoms with Crippen molar-refractivity contribution in [2.45, 2.75) is 32.6 Å². The first kappa shape index (κ1) is 9.52. The summed E-state index contributed by atoms with van der Waals surface area (Å²) in [5, 5.41) is 0. The van der Waals surface area contributed by atoms with E-state index in [0.717, 1.165) is 19.4 Å². The van der Waals surface area contributed by atoms with E-state index in [2.05, 4.69) is 12.8 Å². The van der Waals surface area contributed by atoms with Gasteiger partial charge in [0.15, 0.2) is 0 Å². The third kappa shape index (κ3) is 5.65. The highest BCUT2D eigenvalue weighted by molar-refractivity contribution is 4.89. The zero-order chi connectivity index (χ0) is 7.82. The molecule has 0 aromatic carbocycles. The van der Waals surface area contributed by atoms with Crippen LogP contribution < -0.4 is 5.73 Å². The molecule has 0 aliphatic carbocycles. The van der Waals surface area contributed by atoms with E-state index in [9.17, 15) is 0 Å². The van der Waals surface area contributed by atoms with Crippen molar-refractivity contribution < 1.29 is 0 Å². The second-order valence-electron chi connectivity index (χ2n) is 2.71. The summed E-state index contributed by atoms with van der Waals surface area (Å²) < 4.78 is 0. The van der Waals surface area contributed by atoms with Crippen LogP contribution in [0.3, 0.4) is 0 Å². The fourth-order valence-corrected chi connectivity index (χ4v) is 0.855. The molecular formula is C9H17N. The molecule has 0 radical (unpaired) electrons. The Balaban J connectivity index is 2.98. The Morgan fingerprint density at radius 3 is 2.60 bits per heavy atom. The molecule has 2 N–H and O–H groups in total. The summed E-state index contributed by atoms with van der Waals surface area (Å²) >= 11 is 0. The van der Waals surface area contributed by atoms with Crippen molar-refractivity contribution in [2.24, 2.45) is 11.7 Å². The molecular weight excluding hydrogens is 122 g/mol. The number of hydrogen-bond donors (Lipinski definition) is 1. The van der Waals surface area contributed by atoms with Crippen LogP contribution in [0.5, 0.6) is 0 Å². The van der Waals surface area contributed by atoms with Gasteiger partial charge in [0.2, 0.25) is 0 Å². The van der Waals surface area contributed by atoms with E-state index >= 15 is 0 Å². The normalized spacial score (nSPS) is 12.5. The van der Waals surface area contributed by atoms with Crippen LogP contribution >= 0.6 is 0 Å². The summed E-state index contributed by atoms with van der Waals surface area (Å²) in [6.07, 6.45) is 9.95. The molecule has 0 aliphatic rings. The highest BCUT2D eigenvalue weighted by atomic mass is 14.5. The minimum Gasteiger partial charge on any atom is -0.330 e. The fourth-order valence-electron chi connectivity index (χ4n) is 0.855. The van der Waals surface area contributed by atoms with Crippen molar-refractivity contribution in [3.05, 3.63) is 0 Å². The van der Waals surface area contributed by atoms with Crippen molar-refractivity contribution in [3.8, 4) is 12.3 Å². The second kappa shape index (κ2) is 6.64. The molecule has 58 valence electrons. The summed E-state index contributed by atoms with van der Waals surface area (Å²) in [6.45, 7) is 2.90. The predicted octanol–water partition coefficient (Wildman–Crippen LogP) is 1.77. The number of terminal acetylenes is 1. The van der Waals surface area contributed by atoms with Crippen LogP contribution in [-0.2, 0) is 0 Å². The monoisotopic (exact) mass is 139 g/mol. The summed E-state index contributed by atoms with van der Waals surface area (Å²) in [4.78, 5) is 0. The van der Waals surface area contributed by atoms with Gasteiger partial charge in [0.1, 0.15) is 0 Å². The third-order valence-electron chi connectivity index (χ3n) is 1.63. The molecule has 1 nitrogen and oxygen atoms in total. The van der Waals surface area contributed by atoms with Crippen LogP contribution in [0.4, 0.5) is 0 Å². The lowest BCUT2D eigenvalue weighted by molar-refractivity contribution is 0.579. The molecule has 0 bridgehead atoms. The highest BCUT2D eigenvalue weighted by Crippen LogP contribution is 2.06. The topological polar surface area (TPSA) is 26.0 Å². The predicted molar refractivity (Wildman–Crippen MR) is 45.5 cm³/mol. The molecule has 1 atom stereocenters. The van der Waals surface area contributed by atoms with Gasteiger partial charge in [-0.1, -0.05) is 19.8 Å². The van der Waals surface area contributed by atoms with Gasteiger partial charge in [0, 0.05) is 5.92 Å². The molecule has 1 heteroatoms. The number of nitrogens with two attached hydrogens (primary N) is 1. The van der Waals surface area contributed by atoms with E-state index in [1.165, 1.54) is 12.8 Å². The van der Waals surface area contributed by atoms with Crippen molar-refractivity contribution in [2.75, 3.05) is 6.54 Å². The summed E-state index contributed by atoms with van der Waals surface area (Å²) in [7, 11) is 0. The standard InChI is InChI=1S/C9H17N/c1-3-9(2)7-5-4-6-8-10/h1,9H,4-8,10H2,2H3. The molecule has 1 unspecified atom stereocenters. The van der Waals surface area contributed by atoms with Crippen molar-refractivity contribution in [3.63, 3.8) is 0 Å². The van der Waals surface area contributed by atoms with Crippen molar-refractivity contribution in [1.29, 1.82) is 0 Å². The zero-order valence-electron chi connectivity index (χ0n) is 6.77. The Morgan fingerprint density at radius 1 is 1.40 bits per heavy atom. The van der Waals surface area contributed by atoms with E-state index in [1.54, 1.807) is 0 Å². The van der Waals surface area contributed by atoms with Crippen LogP contribution in [0, 0.1) is 18.3 Å². The van der Waals surface area contributed by atoms with Crippen molar-refractivity contribution in [1.82, 2.24) is 0 Å². The Kier molecular flexibility index (Phi) is 6.32. The van der Waals surface area contributed by atoms with Crippen molar-refractivity contribution >= 4 is 0 Å². The van der Waals surface area contributed by atoms with E-state index < -0.39 is 0 Å². The van der Waals surface area contributed by atoms with E-state index in [0.29, 0.717) is 5.92 Å². The average Bonchev–Trinajstić information content (AvgIpc) is 1.98. The largest absolute Gasteiger partial charge is 0.330 e. The lowest BCUT2D eigenvalue weighted by atomic mass is 10.0. The van der Waals surface area contributed by atoms with E-state index in [-0.39, 0.29) is 0 Å². The summed E-state index contributed by atoms with van der Waals surface area (Å²) in [5.41, 5.74) is 5.34. The van der Waals surface area contributed by atoms with Crippen LogP contribution in [0.25, 0.3) is 0 Å².